The van der Waals surface area contributed by atoms with Gasteiger partial charge in [0, 0.05) is 11.1 Å². The number of nitriles is 1. The van der Waals surface area contributed by atoms with Crippen molar-refractivity contribution in [3.63, 3.8) is 0 Å². The van der Waals surface area contributed by atoms with Gasteiger partial charge in [0.2, 0.25) is 5.91 Å². The highest BCUT2D eigenvalue weighted by atomic mass is 32.2. The fourth-order valence-corrected chi connectivity index (χ4v) is 3.37. The molecule has 1 N–H and O–H groups in total. The van der Waals surface area contributed by atoms with Crippen molar-refractivity contribution in [2.45, 2.75) is 25.3 Å². The second-order valence-corrected chi connectivity index (χ2v) is 7.00. The number of carbonyl (C=O) groups is 1. The first-order chi connectivity index (χ1) is 12.6. The fraction of sp³-hybridized carbons (Fsp3) is 0.190. The summed E-state index contributed by atoms with van der Waals surface area (Å²) in [5, 5.41) is 13.8. The summed E-state index contributed by atoms with van der Waals surface area (Å²) in [6, 6.07) is 17.7. The van der Waals surface area contributed by atoms with Crippen LogP contribution in [0.15, 0.2) is 53.6 Å². The number of pyridine rings is 1. The molecule has 0 aliphatic carbocycles. The third-order valence-corrected chi connectivity index (χ3v) is 5.04. The van der Waals surface area contributed by atoms with Crippen LogP contribution in [0.5, 0.6) is 0 Å². The molecule has 1 aromatic heterocycles. The lowest BCUT2D eigenvalue weighted by Crippen LogP contribution is -2.14. The van der Waals surface area contributed by atoms with Gasteiger partial charge in [-0.25, -0.2) is 4.98 Å². The van der Waals surface area contributed by atoms with Crippen LogP contribution in [0.4, 0.5) is 5.69 Å². The van der Waals surface area contributed by atoms with Gasteiger partial charge in [-0.1, -0.05) is 43.0 Å². The van der Waals surface area contributed by atoms with Crippen LogP contribution >= 0.6 is 11.8 Å². The van der Waals surface area contributed by atoms with Crippen LogP contribution in [-0.4, -0.2) is 16.6 Å². The van der Waals surface area contributed by atoms with Crippen molar-refractivity contribution in [2.24, 2.45) is 0 Å². The average Bonchev–Trinajstić information content (AvgIpc) is 2.66. The summed E-state index contributed by atoms with van der Waals surface area (Å²) < 4.78 is 0. The summed E-state index contributed by atoms with van der Waals surface area (Å²) in [5.74, 6) is 0.0865. The minimum absolute atomic E-state index is 0.116. The standard InChI is InChI=1S/C21H19N3OS/c1-3-15-5-8-18(9-6-15)23-20(25)13-26-21-17(12-22)11-16-7-4-14(2)10-19(16)24-21/h4-11H,3,13H2,1-2H3,(H,23,25). The summed E-state index contributed by atoms with van der Waals surface area (Å²) in [5.41, 5.74) is 4.44. The Kier molecular flexibility index (Phi) is 5.55. The molecule has 4 nitrogen and oxygen atoms in total. The molecule has 2 aromatic carbocycles. The number of hydrogen-bond donors (Lipinski definition) is 1. The zero-order chi connectivity index (χ0) is 18.5. The highest BCUT2D eigenvalue weighted by molar-refractivity contribution is 8.00. The van der Waals surface area contributed by atoms with E-state index >= 15 is 0 Å². The largest absolute Gasteiger partial charge is 0.325 e. The van der Waals surface area contributed by atoms with Gasteiger partial charge >= 0.3 is 0 Å². The minimum atomic E-state index is -0.116. The molecule has 3 rings (SSSR count). The lowest BCUT2D eigenvalue weighted by Gasteiger charge is -2.08. The van der Waals surface area contributed by atoms with Gasteiger partial charge in [-0.2, -0.15) is 5.26 Å². The number of aryl methyl sites for hydroxylation is 2. The van der Waals surface area contributed by atoms with Crippen LogP contribution in [0.25, 0.3) is 10.9 Å². The summed E-state index contributed by atoms with van der Waals surface area (Å²) in [6.07, 6.45) is 0.966. The number of hydrogen-bond acceptors (Lipinski definition) is 4. The molecule has 0 saturated carbocycles. The van der Waals surface area contributed by atoms with Gasteiger partial charge in [0.25, 0.3) is 0 Å². The maximum atomic E-state index is 12.2. The molecule has 0 radical (unpaired) electrons. The van der Waals surface area contributed by atoms with Crippen LogP contribution in [0.3, 0.4) is 0 Å². The molecule has 1 amide bonds. The number of fused-ring (bicyclic) bond motifs is 1. The second kappa shape index (κ2) is 8.03. The van der Waals surface area contributed by atoms with E-state index in [0.717, 1.165) is 28.6 Å². The zero-order valence-corrected chi connectivity index (χ0v) is 15.6. The Labute approximate surface area is 157 Å². The predicted molar refractivity (Wildman–Crippen MR) is 106 cm³/mol. The Hall–Kier alpha value is -2.84. The maximum Gasteiger partial charge on any atom is 0.234 e. The van der Waals surface area contributed by atoms with Crippen LogP contribution in [0.1, 0.15) is 23.6 Å². The Balaban J connectivity index is 1.71. The van der Waals surface area contributed by atoms with Crippen molar-refractivity contribution in [1.29, 1.82) is 5.26 Å². The van der Waals surface area contributed by atoms with Crippen LogP contribution in [-0.2, 0) is 11.2 Å². The normalized spacial score (nSPS) is 10.5. The van der Waals surface area contributed by atoms with Crippen molar-refractivity contribution >= 4 is 34.3 Å². The molecule has 3 aromatic rings. The molecule has 0 fully saturated rings. The van der Waals surface area contributed by atoms with E-state index in [1.165, 1.54) is 17.3 Å². The van der Waals surface area contributed by atoms with Gasteiger partial charge in [-0.05, 0) is 48.7 Å². The Morgan fingerprint density at radius 1 is 1.19 bits per heavy atom. The third kappa shape index (κ3) is 4.22. The quantitative estimate of drug-likeness (QED) is 0.669. The van der Waals surface area contributed by atoms with Gasteiger partial charge in [-0.3, -0.25) is 4.79 Å². The number of rotatable bonds is 5. The van der Waals surface area contributed by atoms with E-state index in [-0.39, 0.29) is 11.7 Å². The maximum absolute atomic E-state index is 12.2. The first-order valence-corrected chi connectivity index (χ1v) is 9.40. The first kappa shape index (κ1) is 18.0. The molecular formula is C21H19N3OS. The minimum Gasteiger partial charge on any atom is -0.325 e. The Morgan fingerprint density at radius 3 is 2.65 bits per heavy atom. The van der Waals surface area contributed by atoms with Gasteiger partial charge < -0.3 is 5.32 Å². The first-order valence-electron chi connectivity index (χ1n) is 8.42. The smallest absolute Gasteiger partial charge is 0.234 e. The second-order valence-electron chi connectivity index (χ2n) is 6.04. The number of carbonyl (C=O) groups excluding carboxylic acids is 1. The molecule has 0 bridgehead atoms. The van der Waals surface area contributed by atoms with E-state index in [1.807, 2.05) is 55.5 Å². The number of amides is 1. The molecule has 0 saturated heterocycles. The fourth-order valence-electron chi connectivity index (χ4n) is 2.60. The molecular weight excluding hydrogens is 342 g/mol. The van der Waals surface area contributed by atoms with Crippen molar-refractivity contribution in [1.82, 2.24) is 4.98 Å². The number of thioether (sulfide) groups is 1. The van der Waals surface area contributed by atoms with E-state index in [0.29, 0.717) is 10.6 Å². The van der Waals surface area contributed by atoms with Gasteiger partial charge in [0.05, 0.1) is 16.8 Å². The summed E-state index contributed by atoms with van der Waals surface area (Å²) in [7, 11) is 0. The molecule has 130 valence electrons. The van der Waals surface area contributed by atoms with Crippen molar-refractivity contribution in [2.75, 3.05) is 11.1 Å². The van der Waals surface area contributed by atoms with E-state index in [1.54, 1.807) is 0 Å². The molecule has 0 spiro atoms. The van der Waals surface area contributed by atoms with Gasteiger partial charge in [0.15, 0.2) is 0 Å². The Morgan fingerprint density at radius 2 is 1.96 bits per heavy atom. The molecule has 0 aliphatic heterocycles. The summed E-state index contributed by atoms with van der Waals surface area (Å²) in [4.78, 5) is 16.8. The lowest BCUT2D eigenvalue weighted by molar-refractivity contribution is -0.113. The zero-order valence-electron chi connectivity index (χ0n) is 14.7. The van der Waals surface area contributed by atoms with Crippen LogP contribution in [0.2, 0.25) is 0 Å². The average molecular weight is 361 g/mol. The lowest BCUT2D eigenvalue weighted by atomic mass is 10.1. The van der Waals surface area contributed by atoms with Gasteiger partial charge in [0.1, 0.15) is 11.1 Å². The number of anilines is 1. The van der Waals surface area contributed by atoms with Crippen molar-refractivity contribution in [3.05, 3.63) is 65.2 Å². The molecule has 0 unspecified atom stereocenters. The molecule has 1 heterocycles. The van der Waals surface area contributed by atoms with Gasteiger partial charge in [-0.15, -0.1) is 0 Å². The van der Waals surface area contributed by atoms with E-state index < -0.39 is 0 Å². The number of nitrogens with zero attached hydrogens (tertiary/aromatic N) is 2. The highest BCUT2D eigenvalue weighted by Gasteiger charge is 2.11. The SMILES string of the molecule is CCc1ccc(NC(=O)CSc2nc3cc(C)ccc3cc2C#N)cc1. The molecule has 0 aliphatic rings. The Bertz CT molecular complexity index is 991. The van der Waals surface area contributed by atoms with Crippen molar-refractivity contribution in [3.8, 4) is 6.07 Å². The van der Waals surface area contributed by atoms with E-state index in [2.05, 4.69) is 23.3 Å². The molecule has 5 heteroatoms. The van der Waals surface area contributed by atoms with E-state index in [4.69, 9.17) is 0 Å². The molecule has 0 atom stereocenters. The number of benzene rings is 2. The highest BCUT2D eigenvalue weighted by Crippen LogP contribution is 2.25. The number of nitrogens with one attached hydrogen (secondary N) is 1. The summed E-state index contributed by atoms with van der Waals surface area (Å²) >= 11 is 1.28. The van der Waals surface area contributed by atoms with E-state index in [9.17, 15) is 10.1 Å². The third-order valence-electron chi connectivity index (χ3n) is 4.04. The predicted octanol–water partition coefficient (Wildman–Crippen LogP) is 4.71. The number of aromatic nitrogens is 1. The topological polar surface area (TPSA) is 65.8 Å². The summed E-state index contributed by atoms with van der Waals surface area (Å²) in [6.45, 7) is 4.10. The van der Waals surface area contributed by atoms with Crippen LogP contribution in [0, 0.1) is 18.3 Å². The monoisotopic (exact) mass is 361 g/mol. The van der Waals surface area contributed by atoms with Crippen molar-refractivity contribution < 1.29 is 4.79 Å². The molecule has 26 heavy (non-hydrogen) atoms. The van der Waals surface area contributed by atoms with Crippen LogP contribution < -0.4 is 5.32 Å².